The number of anilines is 2. The predicted octanol–water partition coefficient (Wildman–Crippen LogP) is 5.42. The van der Waals surface area contributed by atoms with Gasteiger partial charge >= 0.3 is 0 Å². The molecule has 2 amide bonds. The Bertz CT molecular complexity index is 1180. The van der Waals surface area contributed by atoms with Crippen LogP contribution in [0.1, 0.15) is 50.2 Å². The molecule has 7 nitrogen and oxygen atoms in total. The van der Waals surface area contributed by atoms with Crippen LogP contribution in [-0.2, 0) is 20.7 Å². The van der Waals surface area contributed by atoms with Crippen LogP contribution in [0, 0.1) is 18.8 Å². The molecule has 3 saturated heterocycles. The van der Waals surface area contributed by atoms with E-state index in [1.54, 1.807) is 6.92 Å². The number of morpholine rings is 1. The molecule has 42 heavy (non-hydrogen) atoms. The third-order valence-corrected chi connectivity index (χ3v) is 9.83. The van der Waals surface area contributed by atoms with Gasteiger partial charge in [-0.1, -0.05) is 29.8 Å². The summed E-state index contributed by atoms with van der Waals surface area (Å²) in [4.78, 5) is 34.3. The second-order valence-corrected chi connectivity index (χ2v) is 12.7. The first-order valence-electron chi connectivity index (χ1n) is 15.8. The number of hydrogen-bond acceptors (Lipinski definition) is 5. The zero-order chi connectivity index (χ0) is 29.5. The van der Waals surface area contributed by atoms with E-state index in [1.807, 2.05) is 34.9 Å². The summed E-state index contributed by atoms with van der Waals surface area (Å²) in [6.45, 7) is 12.4. The number of likely N-dealkylation sites (tertiary alicyclic amines) is 2. The van der Waals surface area contributed by atoms with Crippen molar-refractivity contribution in [3.8, 4) is 0 Å². The lowest BCUT2D eigenvalue weighted by Gasteiger charge is -2.35. The van der Waals surface area contributed by atoms with Gasteiger partial charge in [0, 0.05) is 62.0 Å². The van der Waals surface area contributed by atoms with Gasteiger partial charge in [0.2, 0.25) is 11.8 Å². The van der Waals surface area contributed by atoms with Crippen LogP contribution in [0.15, 0.2) is 42.5 Å². The maximum Gasteiger partial charge on any atom is 0.230 e. The molecule has 0 spiro atoms. The molecule has 2 aromatic rings. The third-order valence-electron chi connectivity index (χ3n) is 9.42. The summed E-state index contributed by atoms with van der Waals surface area (Å²) in [5, 5.41) is 0.689. The SMILES string of the molecule is CC(=O)N1CCC(C(=O)N(CCCN2CCC(Cc3ccc(N4CCOCC4)cc3)CC2)c2ccc(C)c(Cl)c2)CC1. The quantitative estimate of drug-likeness (QED) is 0.388. The minimum Gasteiger partial charge on any atom is -0.378 e. The molecular formula is C34H47ClN4O3. The minimum absolute atomic E-state index is 0.0561. The van der Waals surface area contributed by atoms with Crippen LogP contribution >= 0.6 is 11.6 Å². The average Bonchev–Trinajstić information content (AvgIpc) is 3.02. The van der Waals surface area contributed by atoms with E-state index in [0.717, 1.165) is 88.8 Å². The Morgan fingerprint density at radius 1 is 0.929 bits per heavy atom. The molecule has 0 atom stereocenters. The van der Waals surface area contributed by atoms with Crippen molar-refractivity contribution >= 4 is 34.8 Å². The van der Waals surface area contributed by atoms with Crippen molar-refractivity contribution < 1.29 is 14.3 Å². The first-order valence-corrected chi connectivity index (χ1v) is 16.2. The third kappa shape index (κ3) is 8.06. The van der Waals surface area contributed by atoms with Crippen molar-refractivity contribution in [3.05, 3.63) is 58.6 Å². The normalized spacial score (nSPS) is 19.2. The van der Waals surface area contributed by atoms with Crippen molar-refractivity contribution in [3.63, 3.8) is 0 Å². The summed E-state index contributed by atoms with van der Waals surface area (Å²) >= 11 is 6.48. The molecule has 8 heteroatoms. The van der Waals surface area contributed by atoms with E-state index >= 15 is 0 Å². The molecule has 0 aromatic heterocycles. The molecule has 0 N–H and O–H groups in total. The second-order valence-electron chi connectivity index (χ2n) is 12.3. The number of benzene rings is 2. The highest BCUT2D eigenvalue weighted by molar-refractivity contribution is 6.31. The molecule has 0 saturated carbocycles. The molecule has 0 radical (unpaired) electrons. The van der Waals surface area contributed by atoms with Crippen molar-refractivity contribution in [2.45, 2.75) is 52.4 Å². The van der Waals surface area contributed by atoms with Gasteiger partial charge in [0.1, 0.15) is 0 Å². The zero-order valence-electron chi connectivity index (χ0n) is 25.4. The fraction of sp³-hybridized carbons (Fsp3) is 0.588. The number of ether oxygens (including phenoxy) is 1. The van der Waals surface area contributed by atoms with Crippen LogP contribution in [0.25, 0.3) is 0 Å². The van der Waals surface area contributed by atoms with Gasteiger partial charge in [-0.15, -0.1) is 0 Å². The van der Waals surface area contributed by atoms with Gasteiger partial charge in [-0.25, -0.2) is 0 Å². The van der Waals surface area contributed by atoms with Crippen molar-refractivity contribution in [1.29, 1.82) is 0 Å². The molecule has 2 aromatic carbocycles. The van der Waals surface area contributed by atoms with E-state index in [2.05, 4.69) is 34.1 Å². The summed E-state index contributed by atoms with van der Waals surface area (Å²) in [6.07, 6.45) is 5.95. The monoisotopic (exact) mass is 594 g/mol. The highest BCUT2D eigenvalue weighted by atomic mass is 35.5. The largest absolute Gasteiger partial charge is 0.378 e. The van der Waals surface area contributed by atoms with E-state index in [-0.39, 0.29) is 17.7 Å². The second kappa shape index (κ2) is 14.7. The standard InChI is InChI=1S/C34H47ClN4O3/c1-26-4-7-32(25-33(26)35)39(34(41)30-12-18-37(19-13-30)27(2)40)15-3-14-36-16-10-29(11-17-36)24-28-5-8-31(9-6-28)38-20-22-42-23-21-38/h4-9,25,29-30H,3,10-24H2,1-2H3. The minimum atomic E-state index is -0.0561. The highest BCUT2D eigenvalue weighted by Crippen LogP contribution is 2.28. The lowest BCUT2D eigenvalue weighted by atomic mass is 9.90. The molecule has 0 unspecified atom stereocenters. The Morgan fingerprint density at radius 2 is 1.62 bits per heavy atom. The Balaban J connectivity index is 1.10. The lowest BCUT2D eigenvalue weighted by molar-refractivity contribution is -0.133. The maximum atomic E-state index is 13.7. The summed E-state index contributed by atoms with van der Waals surface area (Å²) in [5.41, 5.74) is 4.63. The fourth-order valence-corrected chi connectivity index (χ4v) is 6.82. The summed E-state index contributed by atoms with van der Waals surface area (Å²) in [7, 11) is 0. The number of nitrogens with zero attached hydrogens (tertiary/aromatic N) is 4. The molecule has 3 aliphatic rings. The highest BCUT2D eigenvalue weighted by Gasteiger charge is 2.30. The first kappa shape index (κ1) is 30.8. The zero-order valence-corrected chi connectivity index (χ0v) is 26.2. The summed E-state index contributed by atoms with van der Waals surface area (Å²) in [6, 6.07) is 15.1. The van der Waals surface area contributed by atoms with Crippen LogP contribution in [0.2, 0.25) is 5.02 Å². The Hall–Kier alpha value is -2.61. The van der Waals surface area contributed by atoms with Crippen LogP contribution in [0.5, 0.6) is 0 Å². The van der Waals surface area contributed by atoms with Gasteiger partial charge in [-0.05, 0) is 106 Å². The van der Waals surface area contributed by atoms with Crippen LogP contribution in [0.3, 0.4) is 0 Å². The molecule has 5 rings (SSSR count). The number of halogens is 1. The maximum absolute atomic E-state index is 13.7. The number of piperidine rings is 2. The predicted molar refractivity (Wildman–Crippen MR) is 170 cm³/mol. The van der Waals surface area contributed by atoms with Gasteiger partial charge in [0.25, 0.3) is 0 Å². The van der Waals surface area contributed by atoms with Gasteiger partial charge in [-0.2, -0.15) is 0 Å². The number of carbonyl (C=O) groups is 2. The Morgan fingerprint density at radius 3 is 2.26 bits per heavy atom. The molecule has 3 aliphatic heterocycles. The fourth-order valence-electron chi connectivity index (χ4n) is 6.64. The number of amides is 2. The van der Waals surface area contributed by atoms with Crippen LogP contribution < -0.4 is 9.80 Å². The van der Waals surface area contributed by atoms with Crippen molar-refractivity contribution in [2.75, 3.05) is 75.4 Å². The number of carbonyl (C=O) groups excluding carboxylic acids is 2. The van der Waals surface area contributed by atoms with Gasteiger partial charge in [0.15, 0.2) is 0 Å². The van der Waals surface area contributed by atoms with E-state index in [4.69, 9.17) is 16.3 Å². The van der Waals surface area contributed by atoms with E-state index in [0.29, 0.717) is 24.7 Å². The summed E-state index contributed by atoms with van der Waals surface area (Å²) < 4.78 is 5.49. The average molecular weight is 595 g/mol. The molecule has 0 bridgehead atoms. The first-order chi connectivity index (χ1) is 20.4. The number of aryl methyl sites for hydroxylation is 1. The molecule has 3 heterocycles. The van der Waals surface area contributed by atoms with E-state index in [9.17, 15) is 9.59 Å². The van der Waals surface area contributed by atoms with E-state index in [1.165, 1.54) is 24.1 Å². The van der Waals surface area contributed by atoms with Crippen molar-refractivity contribution in [2.24, 2.45) is 11.8 Å². The lowest BCUT2D eigenvalue weighted by Crippen LogP contribution is -2.45. The van der Waals surface area contributed by atoms with Gasteiger partial charge in [-0.3, -0.25) is 9.59 Å². The van der Waals surface area contributed by atoms with Gasteiger partial charge in [0.05, 0.1) is 13.2 Å². The number of rotatable bonds is 9. The molecular weight excluding hydrogens is 548 g/mol. The Labute approximate surface area is 256 Å². The Kier molecular flexibility index (Phi) is 10.8. The van der Waals surface area contributed by atoms with E-state index < -0.39 is 0 Å². The molecule has 228 valence electrons. The smallest absolute Gasteiger partial charge is 0.230 e. The topological polar surface area (TPSA) is 56.3 Å². The van der Waals surface area contributed by atoms with Gasteiger partial charge < -0.3 is 24.3 Å². The number of hydrogen-bond donors (Lipinski definition) is 0. The van der Waals surface area contributed by atoms with Crippen molar-refractivity contribution in [1.82, 2.24) is 9.80 Å². The van der Waals surface area contributed by atoms with Crippen LogP contribution in [0.4, 0.5) is 11.4 Å². The molecule has 3 fully saturated rings. The summed E-state index contributed by atoms with van der Waals surface area (Å²) in [5.74, 6) is 0.925. The molecule has 0 aliphatic carbocycles. The van der Waals surface area contributed by atoms with Crippen LogP contribution in [-0.4, -0.2) is 87.2 Å².